The Hall–Kier alpha value is -1.66. The molecule has 0 aromatic rings. The van der Waals surface area contributed by atoms with E-state index in [0.717, 1.165) is 16.3 Å². The Labute approximate surface area is 170 Å². The first-order valence-corrected chi connectivity index (χ1v) is 9.96. The average molecular weight is 432 g/mol. The molecule has 4 aliphatic rings. The number of aliphatic imine (C=N–C) groups is 1. The molecule has 0 aliphatic carbocycles. The Bertz CT molecular complexity index is 812. The van der Waals surface area contributed by atoms with Gasteiger partial charge >= 0.3 is 5.97 Å². The summed E-state index contributed by atoms with van der Waals surface area (Å²) in [7, 11) is 0. The van der Waals surface area contributed by atoms with Crippen LogP contribution in [-0.2, 0) is 9.59 Å². The second-order valence-electron chi connectivity index (χ2n) is 6.05. The van der Waals surface area contributed by atoms with E-state index in [9.17, 15) is 19.8 Å². The quantitative estimate of drug-likeness (QED) is 0.546. The van der Waals surface area contributed by atoms with Crippen LogP contribution in [0.2, 0.25) is 0 Å². The molecule has 0 spiro atoms. The molecule has 0 saturated carbocycles. The predicted molar refractivity (Wildman–Crippen MR) is 105 cm³/mol. The zero-order valence-electron chi connectivity index (χ0n) is 14.3. The van der Waals surface area contributed by atoms with Crippen LogP contribution in [0.5, 0.6) is 0 Å². The number of thioether (sulfide) groups is 2. The lowest BCUT2D eigenvalue weighted by Crippen LogP contribution is -2.54. The maximum Gasteiger partial charge on any atom is 0.352 e. The second-order valence-corrected chi connectivity index (χ2v) is 8.21. The van der Waals surface area contributed by atoms with Crippen LogP contribution < -0.4 is 5.53 Å². The molecule has 0 aromatic heterocycles. The molecule has 12 heteroatoms. The summed E-state index contributed by atoms with van der Waals surface area (Å²) in [6, 6.07) is 0. The molecule has 4 aliphatic heterocycles. The van der Waals surface area contributed by atoms with E-state index in [0.29, 0.717) is 23.7 Å². The Kier molecular flexibility index (Phi) is 5.77. The minimum absolute atomic E-state index is 0. The van der Waals surface area contributed by atoms with Crippen molar-refractivity contribution in [2.45, 2.75) is 18.7 Å². The van der Waals surface area contributed by atoms with Crippen LogP contribution in [-0.4, -0.2) is 66.3 Å². The lowest BCUT2D eigenvalue weighted by molar-refractivity contribution is -0.146. The van der Waals surface area contributed by atoms with Crippen molar-refractivity contribution in [3.05, 3.63) is 34.4 Å². The highest BCUT2D eigenvalue weighted by Crippen LogP contribution is 2.41. The van der Waals surface area contributed by atoms with Crippen LogP contribution in [0, 0.1) is 0 Å². The zero-order chi connectivity index (χ0) is 18.4. The van der Waals surface area contributed by atoms with Gasteiger partial charge in [-0.3, -0.25) is 14.7 Å². The van der Waals surface area contributed by atoms with Gasteiger partial charge in [0.1, 0.15) is 12.4 Å². The number of aliphatic carboxylic acids is 1. The summed E-state index contributed by atoms with van der Waals surface area (Å²) in [5.41, 5.74) is 4.68. The van der Waals surface area contributed by atoms with Gasteiger partial charge < -0.3 is 10.2 Å². The third kappa shape index (κ3) is 3.57. The number of allylic oxidation sites excluding steroid dienone is 1. The smallest absolute Gasteiger partial charge is 0.352 e. The highest BCUT2D eigenvalue weighted by molar-refractivity contribution is 8.03. The fraction of sp³-hybridized carbons (Fsp3) is 0.400. The first kappa shape index (κ1) is 20.1. The van der Waals surface area contributed by atoms with Crippen LogP contribution in [0.4, 0.5) is 0 Å². The number of aliphatic hydroxyl groups excluding tert-OH is 1. The van der Waals surface area contributed by atoms with Crippen LogP contribution in [0.3, 0.4) is 0 Å². The van der Waals surface area contributed by atoms with E-state index in [1.54, 1.807) is 23.0 Å². The van der Waals surface area contributed by atoms with Crippen molar-refractivity contribution in [2.75, 3.05) is 18.2 Å². The molecule has 9 nitrogen and oxygen atoms in total. The Morgan fingerprint density at radius 1 is 1.52 bits per heavy atom. The van der Waals surface area contributed by atoms with Gasteiger partial charge in [-0.25, -0.2) is 14.8 Å². The highest BCUT2D eigenvalue weighted by atomic mass is 35.5. The molecule has 0 radical (unpaired) electrons. The standard InChI is InChI=1S/C15H17N5O4S2.ClH/c1-8-2-13(20-10(16-8)4-18(7-21)17-20)26-6-9-5-25-12-3-11(22)19(12)14(9)15(23)24;/h2,4,12,17,21H,3,5-7H2,1H3,(H,23,24);1H/t12-;/m1./s1. The predicted octanol–water partition coefficient (Wildman–Crippen LogP) is 0.887. The molecule has 0 bridgehead atoms. The fourth-order valence-electron chi connectivity index (χ4n) is 3.03. The van der Waals surface area contributed by atoms with Gasteiger partial charge in [0.15, 0.2) is 5.82 Å². The van der Waals surface area contributed by atoms with E-state index >= 15 is 0 Å². The number of carbonyl (C=O) groups is 2. The van der Waals surface area contributed by atoms with Gasteiger partial charge in [0.2, 0.25) is 5.91 Å². The lowest BCUT2D eigenvalue weighted by atomic mass is 10.1. The molecule has 0 aromatic carbocycles. The second kappa shape index (κ2) is 7.76. The Morgan fingerprint density at radius 3 is 2.96 bits per heavy atom. The Morgan fingerprint density at radius 2 is 2.30 bits per heavy atom. The minimum atomic E-state index is -1.05. The van der Waals surface area contributed by atoms with E-state index in [4.69, 9.17) is 0 Å². The van der Waals surface area contributed by atoms with Crippen LogP contribution >= 0.6 is 35.9 Å². The summed E-state index contributed by atoms with van der Waals surface area (Å²) in [4.78, 5) is 29.3. The number of halogens is 1. The van der Waals surface area contributed by atoms with Gasteiger partial charge in [0.05, 0.1) is 23.0 Å². The van der Waals surface area contributed by atoms with Crippen LogP contribution in [0.15, 0.2) is 39.4 Å². The molecule has 1 fully saturated rings. The molecule has 4 rings (SSSR count). The van der Waals surface area contributed by atoms with Crippen molar-refractivity contribution in [2.24, 2.45) is 4.99 Å². The number of hydrogen-bond donors (Lipinski definition) is 3. The summed E-state index contributed by atoms with van der Waals surface area (Å²) < 4.78 is 0. The molecule has 146 valence electrons. The molecular formula is C15H18ClN5O4S2. The van der Waals surface area contributed by atoms with Crippen molar-refractivity contribution in [3.8, 4) is 0 Å². The first-order chi connectivity index (χ1) is 12.5. The van der Waals surface area contributed by atoms with E-state index in [1.807, 2.05) is 13.0 Å². The van der Waals surface area contributed by atoms with Crippen molar-refractivity contribution < 1.29 is 19.8 Å². The summed E-state index contributed by atoms with van der Waals surface area (Å²) in [5.74, 6) is 0.523. The van der Waals surface area contributed by atoms with Crippen LogP contribution in [0.25, 0.3) is 0 Å². The molecule has 1 saturated heterocycles. The topological polar surface area (TPSA) is 109 Å². The van der Waals surface area contributed by atoms with Crippen molar-refractivity contribution in [1.82, 2.24) is 20.5 Å². The molecule has 0 unspecified atom stereocenters. The molecule has 4 heterocycles. The van der Waals surface area contributed by atoms with Crippen molar-refractivity contribution in [1.29, 1.82) is 0 Å². The number of rotatable bonds is 5. The van der Waals surface area contributed by atoms with E-state index < -0.39 is 5.97 Å². The number of hydrazine groups is 2. The van der Waals surface area contributed by atoms with Gasteiger partial charge in [-0.1, -0.05) is 0 Å². The first-order valence-electron chi connectivity index (χ1n) is 7.92. The van der Waals surface area contributed by atoms with Gasteiger partial charge in [-0.2, -0.15) is 0 Å². The number of fused-ring (bicyclic) bond motifs is 2. The molecule has 1 atom stereocenters. The zero-order valence-corrected chi connectivity index (χ0v) is 16.7. The maximum absolute atomic E-state index is 11.8. The number of carbonyl (C=O) groups excluding carboxylic acids is 1. The molecule has 27 heavy (non-hydrogen) atoms. The highest BCUT2D eigenvalue weighted by Gasteiger charge is 2.45. The lowest BCUT2D eigenvalue weighted by Gasteiger charge is -2.44. The summed E-state index contributed by atoms with van der Waals surface area (Å²) >= 11 is 3.07. The number of carboxylic acid groups (broad SMARTS) is 1. The van der Waals surface area contributed by atoms with E-state index in [2.05, 4.69) is 10.5 Å². The molecular weight excluding hydrogens is 414 g/mol. The van der Waals surface area contributed by atoms with Crippen molar-refractivity contribution in [3.63, 3.8) is 0 Å². The van der Waals surface area contributed by atoms with E-state index in [-0.39, 0.29) is 36.1 Å². The third-order valence-electron chi connectivity index (χ3n) is 4.25. The number of β-lactam (4-membered cyclic amide) rings is 1. The van der Waals surface area contributed by atoms with Crippen LogP contribution in [0.1, 0.15) is 13.3 Å². The van der Waals surface area contributed by atoms with Gasteiger partial charge in [-0.15, -0.1) is 41.5 Å². The van der Waals surface area contributed by atoms with E-state index in [1.165, 1.54) is 21.7 Å². The van der Waals surface area contributed by atoms with Crippen molar-refractivity contribution >= 4 is 53.5 Å². The SMILES string of the molecule is CC1=NC2=CN(CO)NN2C(SCC2=C(C(=O)O)N3C(=O)C[C@H]3SC2)=C1.Cl. The largest absolute Gasteiger partial charge is 0.477 e. The average Bonchev–Trinajstić information content (AvgIpc) is 3.01. The number of amides is 1. The van der Waals surface area contributed by atoms with Gasteiger partial charge in [0, 0.05) is 17.2 Å². The normalized spacial score (nSPS) is 23.8. The number of nitrogens with one attached hydrogen (secondary N) is 1. The summed E-state index contributed by atoms with van der Waals surface area (Å²) in [5, 5.41) is 22.9. The number of hydrogen-bond acceptors (Lipinski definition) is 9. The molecule has 3 N–H and O–H groups in total. The minimum Gasteiger partial charge on any atom is -0.477 e. The number of nitrogens with zero attached hydrogens (tertiary/aromatic N) is 4. The van der Waals surface area contributed by atoms with Gasteiger partial charge in [-0.05, 0) is 18.6 Å². The number of aliphatic hydroxyl groups is 1. The summed E-state index contributed by atoms with van der Waals surface area (Å²) in [6.45, 7) is 1.68. The van der Waals surface area contributed by atoms with Gasteiger partial charge in [0.25, 0.3) is 0 Å². The summed E-state index contributed by atoms with van der Waals surface area (Å²) in [6.07, 6.45) is 3.99. The monoisotopic (exact) mass is 431 g/mol. The fourth-order valence-corrected chi connectivity index (χ4v) is 5.50. The molecule has 1 amide bonds. The Balaban J connectivity index is 0.00000210. The number of carboxylic acids is 1. The maximum atomic E-state index is 11.8. The third-order valence-corrected chi connectivity index (χ3v) is 6.62.